The van der Waals surface area contributed by atoms with Crippen molar-refractivity contribution in [2.45, 2.75) is 27.2 Å². The maximum atomic E-state index is 12.6. The molecule has 0 aliphatic rings. The van der Waals surface area contributed by atoms with Gasteiger partial charge in [-0.3, -0.25) is 4.79 Å². The molecule has 3 rings (SSSR count). The summed E-state index contributed by atoms with van der Waals surface area (Å²) >= 11 is 1.54. The molecule has 0 saturated heterocycles. The Morgan fingerprint density at radius 3 is 2.50 bits per heavy atom. The molecular weight excluding hydrogens is 437 g/mol. The Bertz CT molecular complexity index is 1000. The highest BCUT2D eigenvalue weighted by Gasteiger charge is 2.14. The number of aromatic nitrogens is 1. The van der Waals surface area contributed by atoms with Gasteiger partial charge in [0.1, 0.15) is 5.69 Å². The lowest BCUT2D eigenvalue weighted by atomic mass is 10.0. The van der Waals surface area contributed by atoms with E-state index in [1.54, 1.807) is 0 Å². The van der Waals surface area contributed by atoms with E-state index in [9.17, 15) is 4.79 Å². The number of carbonyl (C=O) groups excluding carboxylic acids is 1. The van der Waals surface area contributed by atoms with Crippen LogP contribution in [0.3, 0.4) is 0 Å². The summed E-state index contributed by atoms with van der Waals surface area (Å²) in [7, 11) is 2.01. The minimum atomic E-state index is -0.0271. The highest BCUT2D eigenvalue weighted by molar-refractivity contribution is 7.09. The average molecular weight is 464 g/mol. The van der Waals surface area contributed by atoms with E-state index < -0.39 is 0 Å². The monoisotopic (exact) mass is 463 g/mol. The van der Waals surface area contributed by atoms with Gasteiger partial charge in [-0.15, -0.1) is 36.2 Å². The third-order valence-electron chi connectivity index (χ3n) is 4.71. The van der Waals surface area contributed by atoms with Crippen molar-refractivity contribution in [1.29, 1.82) is 0 Å². The summed E-state index contributed by atoms with van der Waals surface area (Å²) < 4.78 is 0. The predicted octanol–water partition coefficient (Wildman–Crippen LogP) is 6.04. The molecule has 3 aromatic rings. The first-order valence-electron chi connectivity index (χ1n) is 9.36. The Morgan fingerprint density at radius 2 is 1.83 bits per heavy atom. The minimum Gasteiger partial charge on any atom is -0.366 e. The number of ketones is 1. The molecule has 0 atom stereocenters. The second-order valence-electron chi connectivity index (χ2n) is 6.88. The van der Waals surface area contributed by atoms with Crippen LogP contribution in [0.1, 0.15) is 44.7 Å². The highest BCUT2D eigenvalue weighted by Crippen LogP contribution is 2.26. The zero-order chi connectivity index (χ0) is 20.1. The standard InChI is InChI=1S/C23H25N3OS.2ClH/c1-5-26(4)15-24-20-12-16(2)19(11-17(20)3)13-22-25-21(14-28-22)23(27)18-9-7-6-8-10-18;;/h6-12,14-15H,5,13H2,1-4H3;2*1H/b24-15-;;. The van der Waals surface area contributed by atoms with Crippen molar-refractivity contribution in [2.24, 2.45) is 4.99 Å². The fraction of sp³-hybridized carbons (Fsp3) is 0.261. The summed E-state index contributed by atoms with van der Waals surface area (Å²) in [4.78, 5) is 23.8. The van der Waals surface area contributed by atoms with Crippen LogP contribution in [-0.4, -0.2) is 35.6 Å². The first-order chi connectivity index (χ1) is 13.5. The molecule has 1 aromatic heterocycles. The van der Waals surface area contributed by atoms with Crippen LogP contribution in [0.2, 0.25) is 0 Å². The van der Waals surface area contributed by atoms with Crippen LogP contribution in [0.4, 0.5) is 5.69 Å². The van der Waals surface area contributed by atoms with E-state index in [1.807, 2.05) is 54.0 Å². The van der Waals surface area contributed by atoms with Crippen molar-refractivity contribution in [3.8, 4) is 0 Å². The molecule has 7 heteroatoms. The van der Waals surface area contributed by atoms with Crippen molar-refractivity contribution in [2.75, 3.05) is 13.6 Å². The number of aliphatic imine (C=N–C) groups is 1. The van der Waals surface area contributed by atoms with Gasteiger partial charge in [-0.25, -0.2) is 9.98 Å². The molecule has 30 heavy (non-hydrogen) atoms. The number of aryl methyl sites for hydroxylation is 2. The van der Waals surface area contributed by atoms with Gasteiger partial charge in [0.15, 0.2) is 0 Å². The smallest absolute Gasteiger partial charge is 0.212 e. The summed E-state index contributed by atoms with van der Waals surface area (Å²) in [6.07, 6.45) is 2.59. The number of carbonyl (C=O) groups is 1. The topological polar surface area (TPSA) is 45.6 Å². The van der Waals surface area contributed by atoms with Crippen LogP contribution in [-0.2, 0) is 6.42 Å². The van der Waals surface area contributed by atoms with Gasteiger partial charge >= 0.3 is 0 Å². The van der Waals surface area contributed by atoms with Crippen molar-refractivity contribution in [3.63, 3.8) is 0 Å². The van der Waals surface area contributed by atoms with E-state index in [0.29, 0.717) is 11.3 Å². The fourth-order valence-corrected chi connectivity index (χ4v) is 3.63. The van der Waals surface area contributed by atoms with Crippen LogP contribution < -0.4 is 0 Å². The Hall–Kier alpha value is -2.21. The summed E-state index contributed by atoms with van der Waals surface area (Å²) in [5, 5.41) is 2.80. The lowest BCUT2D eigenvalue weighted by Crippen LogP contribution is -2.14. The predicted molar refractivity (Wildman–Crippen MR) is 132 cm³/mol. The number of hydrogen-bond donors (Lipinski definition) is 0. The fourth-order valence-electron chi connectivity index (χ4n) is 2.83. The van der Waals surface area contributed by atoms with Crippen LogP contribution in [0.25, 0.3) is 0 Å². The van der Waals surface area contributed by atoms with Gasteiger partial charge in [-0.2, -0.15) is 0 Å². The minimum absolute atomic E-state index is 0. The summed E-state index contributed by atoms with van der Waals surface area (Å²) in [5.41, 5.74) is 5.71. The maximum absolute atomic E-state index is 12.6. The molecule has 0 bridgehead atoms. The van der Waals surface area contributed by atoms with Crippen LogP contribution in [0.5, 0.6) is 0 Å². The molecule has 160 valence electrons. The number of halogens is 2. The van der Waals surface area contributed by atoms with E-state index >= 15 is 0 Å². The quantitative estimate of drug-likeness (QED) is 0.243. The van der Waals surface area contributed by atoms with Crippen LogP contribution >= 0.6 is 36.2 Å². The molecule has 0 fully saturated rings. The SMILES string of the molecule is CCN(C)/C=N\c1cc(C)c(Cc2nc(C(=O)c3ccccc3)cs2)cc1C.Cl.Cl. The molecule has 0 amide bonds. The van der Waals surface area contributed by atoms with Gasteiger partial charge in [0.25, 0.3) is 0 Å². The summed E-state index contributed by atoms with van der Waals surface area (Å²) in [6, 6.07) is 13.6. The number of benzene rings is 2. The molecule has 0 saturated carbocycles. The van der Waals surface area contributed by atoms with Crippen molar-refractivity contribution in [1.82, 2.24) is 9.88 Å². The molecular formula is C23H27Cl2N3OS. The van der Waals surface area contributed by atoms with E-state index in [4.69, 9.17) is 0 Å². The first kappa shape index (κ1) is 25.8. The number of hydrogen-bond acceptors (Lipinski definition) is 4. The molecule has 0 N–H and O–H groups in total. The lowest BCUT2D eigenvalue weighted by Gasteiger charge is -2.11. The van der Waals surface area contributed by atoms with Crippen molar-refractivity contribution >= 4 is 54.0 Å². The molecule has 4 nitrogen and oxygen atoms in total. The van der Waals surface area contributed by atoms with E-state index in [1.165, 1.54) is 22.5 Å². The van der Waals surface area contributed by atoms with Gasteiger partial charge in [0, 0.05) is 31.0 Å². The van der Waals surface area contributed by atoms with E-state index in [-0.39, 0.29) is 30.6 Å². The summed E-state index contributed by atoms with van der Waals surface area (Å²) in [5.74, 6) is -0.0271. The third-order valence-corrected chi connectivity index (χ3v) is 5.56. The molecule has 0 aliphatic heterocycles. The van der Waals surface area contributed by atoms with Gasteiger partial charge in [-0.05, 0) is 43.5 Å². The van der Waals surface area contributed by atoms with Gasteiger partial charge in [0.05, 0.1) is 17.0 Å². The van der Waals surface area contributed by atoms with Gasteiger partial charge in [0.2, 0.25) is 5.78 Å². The molecule has 2 aromatic carbocycles. The highest BCUT2D eigenvalue weighted by atomic mass is 35.5. The largest absolute Gasteiger partial charge is 0.366 e. The normalized spacial score (nSPS) is 10.4. The number of thiazole rings is 1. The maximum Gasteiger partial charge on any atom is 0.212 e. The zero-order valence-electron chi connectivity index (χ0n) is 17.6. The van der Waals surface area contributed by atoms with E-state index in [0.717, 1.165) is 29.2 Å². The Balaban J connectivity index is 0.00000225. The average Bonchev–Trinajstić information content (AvgIpc) is 3.17. The molecule has 1 heterocycles. The molecule has 0 spiro atoms. The summed E-state index contributed by atoms with van der Waals surface area (Å²) in [6.45, 7) is 7.19. The van der Waals surface area contributed by atoms with E-state index in [2.05, 4.69) is 42.9 Å². The lowest BCUT2D eigenvalue weighted by molar-refractivity contribution is 0.103. The van der Waals surface area contributed by atoms with Crippen molar-refractivity contribution < 1.29 is 4.79 Å². The second-order valence-corrected chi connectivity index (χ2v) is 7.82. The number of rotatable bonds is 7. The Morgan fingerprint density at radius 1 is 1.13 bits per heavy atom. The van der Waals surface area contributed by atoms with Crippen LogP contribution in [0, 0.1) is 13.8 Å². The second kappa shape index (κ2) is 11.8. The third kappa shape index (κ3) is 6.39. The zero-order valence-corrected chi connectivity index (χ0v) is 20.0. The number of nitrogens with zero attached hydrogens (tertiary/aromatic N) is 3. The van der Waals surface area contributed by atoms with Crippen LogP contribution in [0.15, 0.2) is 52.8 Å². The van der Waals surface area contributed by atoms with Gasteiger partial charge < -0.3 is 4.90 Å². The molecule has 0 aliphatic carbocycles. The Kier molecular flexibility index (Phi) is 10.2. The molecule has 0 radical (unpaired) electrons. The molecule has 0 unspecified atom stereocenters. The van der Waals surface area contributed by atoms with Gasteiger partial charge in [-0.1, -0.05) is 36.4 Å². The van der Waals surface area contributed by atoms with Crippen molar-refractivity contribution in [3.05, 3.63) is 80.8 Å². The first-order valence-corrected chi connectivity index (χ1v) is 10.2. The Labute approximate surface area is 194 Å².